The predicted molar refractivity (Wildman–Crippen MR) is 150 cm³/mol. The van der Waals surface area contributed by atoms with E-state index in [2.05, 4.69) is 70.5 Å². The molecule has 0 unspecified atom stereocenters. The minimum Gasteiger partial charge on any atom is -0.304 e. The molecule has 0 radical (unpaired) electrons. The summed E-state index contributed by atoms with van der Waals surface area (Å²) in [5, 5.41) is 0. The molecule has 0 N–H and O–H groups in total. The standard InChI is InChI=1S/C29H31N3O2.2ClH/c1-22-10-8-15-25-26(22)32(29(34)28(25)33)17-9-16-30-18-20-31(21-19-30)27(23-11-4-2-5-12-23)24-13-6-3-7-14-24;;/h2-8,10-15,27H,9,16-21H2,1H3;2*1H. The van der Waals surface area contributed by atoms with Gasteiger partial charge in [0.05, 0.1) is 17.3 Å². The minimum atomic E-state index is -0.386. The number of ketones is 1. The Morgan fingerprint density at radius 1 is 0.722 bits per heavy atom. The molecule has 2 heterocycles. The molecular formula is C29H33Cl2N3O2. The number of aryl methyl sites for hydroxylation is 1. The first-order chi connectivity index (χ1) is 16.6. The summed E-state index contributed by atoms with van der Waals surface area (Å²) >= 11 is 0. The molecule has 5 rings (SSSR count). The Balaban J connectivity index is 0.00000180. The third-order valence-corrected chi connectivity index (χ3v) is 7.05. The molecule has 0 aromatic heterocycles. The molecular weight excluding hydrogens is 493 g/mol. The number of hydrogen-bond donors (Lipinski definition) is 0. The van der Waals surface area contributed by atoms with E-state index in [1.54, 1.807) is 11.0 Å². The zero-order valence-electron chi connectivity index (χ0n) is 20.5. The maximum Gasteiger partial charge on any atom is 0.299 e. The van der Waals surface area contributed by atoms with Crippen LogP contribution in [0.15, 0.2) is 78.9 Å². The maximum absolute atomic E-state index is 12.5. The number of amides is 1. The quantitative estimate of drug-likeness (QED) is 0.399. The number of halogens is 2. The third-order valence-electron chi connectivity index (χ3n) is 7.05. The summed E-state index contributed by atoms with van der Waals surface area (Å²) < 4.78 is 0. The Hall–Kier alpha value is -2.70. The summed E-state index contributed by atoms with van der Waals surface area (Å²) in [5.41, 5.74) is 4.99. The van der Waals surface area contributed by atoms with Crippen LogP contribution in [-0.4, -0.2) is 60.8 Å². The van der Waals surface area contributed by atoms with E-state index in [0.29, 0.717) is 12.1 Å². The lowest BCUT2D eigenvalue weighted by atomic mass is 9.96. The maximum atomic E-state index is 12.5. The number of rotatable bonds is 7. The van der Waals surface area contributed by atoms with Gasteiger partial charge in [0, 0.05) is 32.7 Å². The number of fused-ring (bicyclic) bond motifs is 1. The van der Waals surface area contributed by atoms with Crippen molar-refractivity contribution in [1.29, 1.82) is 0 Å². The van der Waals surface area contributed by atoms with Crippen LogP contribution in [0.25, 0.3) is 0 Å². The van der Waals surface area contributed by atoms with Crippen LogP contribution in [0.3, 0.4) is 0 Å². The van der Waals surface area contributed by atoms with Gasteiger partial charge in [0.2, 0.25) is 0 Å². The molecule has 2 aliphatic heterocycles. The van der Waals surface area contributed by atoms with Crippen molar-refractivity contribution >= 4 is 42.2 Å². The Bertz CT molecular complexity index is 1130. The van der Waals surface area contributed by atoms with Gasteiger partial charge in [0.25, 0.3) is 11.7 Å². The van der Waals surface area contributed by atoms with E-state index in [4.69, 9.17) is 0 Å². The van der Waals surface area contributed by atoms with E-state index in [1.807, 2.05) is 19.1 Å². The molecule has 3 aromatic rings. The van der Waals surface area contributed by atoms with Crippen LogP contribution in [0.5, 0.6) is 0 Å². The van der Waals surface area contributed by atoms with E-state index in [9.17, 15) is 9.59 Å². The first-order valence-corrected chi connectivity index (χ1v) is 12.2. The van der Waals surface area contributed by atoms with Gasteiger partial charge in [0.1, 0.15) is 0 Å². The lowest BCUT2D eigenvalue weighted by Gasteiger charge is -2.40. The molecule has 1 amide bonds. The van der Waals surface area contributed by atoms with Crippen molar-refractivity contribution in [3.8, 4) is 0 Å². The van der Waals surface area contributed by atoms with Crippen molar-refractivity contribution in [2.24, 2.45) is 0 Å². The van der Waals surface area contributed by atoms with Crippen molar-refractivity contribution in [2.45, 2.75) is 19.4 Å². The summed E-state index contributed by atoms with van der Waals surface area (Å²) in [6, 6.07) is 27.3. The Kier molecular flexibility index (Phi) is 9.69. The van der Waals surface area contributed by atoms with Gasteiger partial charge in [-0.15, -0.1) is 24.8 Å². The van der Waals surface area contributed by atoms with Crippen molar-refractivity contribution in [3.05, 3.63) is 101 Å². The second kappa shape index (κ2) is 12.5. The highest BCUT2D eigenvalue weighted by molar-refractivity contribution is 6.52. The summed E-state index contributed by atoms with van der Waals surface area (Å²) in [7, 11) is 0. The second-order valence-electron chi connectivity index (χ2n) is 9.21. The van der Waals surface area contributed by atoms with E-state index in [1.165, 1.54) is 11.1 Å². The Morgan fingerprint density at radius 3 is 1.89 bits per heavy atom. The predicted octanol–water partition coefficient (Wildman–Crippen LogP) is 5.17. The largest absolute Gasteiger partial charge is 0.304 e. The smallest absolute Gasteiger partial charge is 0.299 e. The molecule has 0 atom stereocenters. The molecule has 0 aliphatic carbocycles. The van der Waals surface area contributed by atoms with Gasteiger partial charge in [-0.25, -0.2) is 0 Å². The highest BCUT2D eigenvalue weighted by atomic mass is 35.5. The second-order valence-corrected chi connectivity index (χ2v) is 9.21. The fourth-order valence-electron chi connectivity index (χ4n) is 5.34. The van der Waals surface area contributed by atoms with Gasteiger partial charge in [-0.05, 0) is 42.6 Å². The molecule has 7 heteroatoms. The van der Waals surface area contributed by atoms with Gasteiger partial charge < -0.3 is 9.80 Å². The average molecular weight is 527 g/mol. The summed E-state index contributed by atoms with van der Waals surface area (Å²) in [6.07, 6.45) is 0.855. The van der Waals surface area contributed by atoms with E-state index >= 15 is 0 Å². The Morgan fingerprint density at radius 2 is 1.31 bits per heavy atom. The topological polar surface area (TPSA) is 43.9 Å². The lowest BCUT2D eigenvalue weighted by Crippen LogP contribution is -2.48. The number of carbonyl (C=O) groups excluding carboxylic acids is 2. The van der Waals surface area contributed by atoms with Crippen molar-refractivity contribution in [2.75, 3.05) is 44.2 Å². The van der Waals surface area contributed by atoms with Crippen molar-refractivity contribution in [1.82, 2.24) is 9.80 Å². The fraction of sp³-hybridized carbons (Fsp3) is 0.310. The molecule has 36 heavy (non-hydrogen) atoms. The number of hydrogen-bond acceptors (Lipinski definition) is 4. The number of nitrogens with zero attached hydrogens (tertiary/aromatic N) is 3. The summed E-state index contributed by atoms with van der Waals surface area (Å²) in [5.74, 6) is -0.761. The number of Topliss-reactive ketones (excluding diaryl/α,β-unsaturated/α-hetero) is 1. The molecule has 0 bridgehead atoms. The van der Waals surface area contributed by atoms with Crippen LogP contribution < -0.4 is 4.90 Å². The average Bonchev–Trinajstić information content (AvgIpc) is 3.12. The van der Waals surface area contributed by atoms with E-state index in [0.717, 1.165) is 50.4 Å². The first-order valence-electron chi connectivity index (χ1n) is 12.2. The number of benzene rings is 3. The SMILES string of the molecule is Cc1cccc2c1N(CCCN1CCN(C(c3ccccc3)c3ccccc3)CC1)C(=O)C2=O.Cl.Cl. The van der Waals surface area contributed by atoms with Crippen LogP contribution >= 0.6 is 24.8 Å². The van der Waals surface area contributed by atoms with Crippen molar-refractivity contribution < 1.29 is 9.59 Å². The first kappa shape index (κ1) is 27.9. The van der Waals surface area contributed by atoms with Crippen LogP contribution in [-0.2, 0) is 4.79 Å². The molecule has 5 nitrogen and oxygen atoms in total. The van der Waals surface area contributed by atoms with Crippen LogP contribution in [0.1, 0.15) is 39.5 Å². The highest BCUT2D eigenvalue weighted by Crippen LogP contribution is 2.32. The lowest BCUT2D eigenvalue weighted by molar-refractivity contribution is -0.114. The number of piperazine rings is 1. The number of carbonyl (C=O) groups is 2. The highest BCUT2D eigenvalue weighted by Gasteiger charge is 2.36. The number of para-hydroxylation sites is 1. The van der Waals surface area contributed by atoms with Gasteiger partial charge in [-0.3, -0.25) is 14.5 Å². The summed E-state index contributed by atoms with van der Waals surface area (Å²) in [4.78, 5) is 31.6. The normalized spacial score (nSPS) is 16.0. The third kappa shape index (κ3) is 5.65. The van der Waals surface area contributed by atoms with Crippen molar-refractivity contribution in [3.63, 3.8) is 0 Å². The molecule has 2 aliphatic rings. The van der Waals surface area contributed by atoms with Crippen LogP contribution in [0.2, 0.25) is 0 Å². The van der Waals surface area contributed by atoms with Gasteiger partial charge in [0.15, 0.2) is 0 Å². The zero-order chi connectivity index (χ0) is 23.5. The Labute approximate surface area is 225 Å². The van der Waals surface area contributed by atoms with Crippen LogP contribution in [0, 0.1) is 6.92 Å². The zero-order valence-corrected chi connectivity index (χ0v) is 22.1. The summed E-state index contributed by atoms with van der Waals surface area (Å²) in [6.45, 7) is 7.47. The monoisotopic (exact) mass is 525 g/mol. The van der Waals surface area contributed by atoms with Gasteiger partial charge in [-0.1, -0.05) is 72.8 Å². The molecule has 1 fully saturated rings. The minimum absolute atomic E-state index is 0. The fourth-order valence-corrected chi connectivity index (χ4v) is 5.34. The van der Waals surface area contributed by atoms with Crippen LogP contribution in [0.4, 0.5) is 5.69 Å². The molecule has 0 saturated carbocycles. The molecule has 3 aromatic carbocycles. The number of anilines is 1. The molecule has 0 spiro atoms. The van der Waals surface area contributed by atoms with E-state index < -0.39 is 0 Å². The van der Waals surface area contributed by atoms with E-state index in [-0.39, 0.29) is 42.5 Å². The molecule has 190 valence electrons. The van der Waals surface area contributed by atoms with Gasteiger partial charge >= 0.3 is 0 Å². The molecule has 1 saturated heterocycles. The van der Waals surface area contributed by atoms with Gasteiger partial charge in [-0.2, -0.15) is 0 Å².